The van der Waals surface area contributed by atoms with Gasteiger partial charge < -0.3 is 31.6 Å². The molecule has 2 rings (SSSR count). The van der Waals surface area contributed by atoms with Gasteiger partial charge in [0.15, 0.2) is 12.5 Å². The molecule has 0 aromatic carbocycles. The van der Waals surface area contributed by atoms with E-state index in [0.717, 1.165) is 25.9 Å². The molecule has 0 amide bonds. The van der Waals surface area contributed by atoms with Gasteiger partial charge in [-0.25, -0.2) is 9.59 Å². The van der Waals surface area contributed by atoms with Gasteiger partial charge in [0.05, 0.1) is 12.1 Å². The van der Waals surface area contributed by atoms with E-state index in [-0.39, 0.29) is 12.8 Å². The highest BCUT2D eigenvalue weighted by molar-refractivity contribution is 6.29. The van der Waals surface area contributed by atoms with Crippen molar-refractivity contribution in [2.75, 3.05) is 26.2 Å². The van der Waals surface area contributed by atoms with Crippen LogP contribution >= 0.6 is 0 Å². The summed E-state index contributed by atoms with van der Waals surface area (Å²) in [6.45, 7) is 2.91. The number of carbonyl (C=O) groups excluding carboxylic acids is 2. The van der Waals surface area contributed by atoms with E-state index >= 15 is 0 Å². The molecule has 158 valence electrons. The number of nitrogens with one attached hydrogen (secondary N) is 2. The van der Waals surface area contributed by atoms with Crippen molar-refractivity contribution < 1.29 is 19.1 Å². The second-order valence-electron chi connectivity index (χ2n) is 6.67. The first-order valence-corrected chi connectivity index (χ1v) is 9.37. The fraction of sp³-hybridized carbons (Fsp3) is 0.750. The molecule has 2 heterocycles. The molecule has 0 saturated heterocycles. The SMILES string of the molecule is NC(CC(N)C1=NCCCN1)OC(=O)C(=O)OC(N)CC(N)C1=NCCCN1. The average Bonchev–Trinajstić information content (AvgIpc) is 2.68. The molecule has 28 heavy (non-hydrogen) atoms. The summed E-state index contributed by atoms with van der Waals surface area (Å²) < 4.78 is 9.75. The van der Waals surface area contributed by atoms with Gasteiger partial charge in [-0.2, -0.15) is 0 Å². The van der Waals surface area contributed by atoms with Gasteiger partial charge in [0.2, 0.25) is 0 Å². The Morgan fingerprint density at radius 2 is 1.21 bits per heavy atom. The molecular weight excluding hydrogens is 368 g/mol. The third-order valence-corrected chi connectivity index (χ3v) is 4.20. The Morgan fingerprint density at radius 3 is 1.54 bits per heavy atom. The van der Waals surface area contributed by atoms with Crippen LogP contribution in [0.2, 0.25) is 0 Å². The smallest absolute Gasteiger partial charge is 0.419 e. The third kappa shape index (κ3) is 7.03. The van der Waals surface area contributed by atoms with Gasteiger partial charge >= 0.3 is 11.9 Å². The number of amidine groups is 2. The summed E-state index contributed by atoms with van der Waals surface area (Å²) in [7, 11) is 0. The predicted molar refractivity (Wildman–Crippen MR) is 103 cm³/mol. The van der Waals surface area contributed by atoms with E-state index in [0.29, 0.717) is 24.8 Å². The van der Waals surface area contributed by atoms with E-state index in [1.807, 2.05) is 0 Å². The topological polar surface area (TPSA) is 205 Å². The summed E-state index contributed by atoms with van der Waals surface area (Å²) in [6.07, 6.45) is -0.102. The molecule has 4 atom stereocenters. The number of carbonyl (C=O) groups is 2. The molecule has 10 N–H and O–H groups in total. The van der Waals surface area contributed by atoms with Crippen LogP contribution < -0.4 is 33.6 Å². The second-order valence-corrected chi connectivity index (χ2v) is 6.67. The first kappa shape index (κ1) is 22.0. The Bertz CT molecular complexity index is 559. The molecule has 0 radical (unpaired) electrons. The summed E-state index contributed by atoms with van der Waals surface area (Å²) >= 11 is 0. The zero-order valence-electron chi connectivity index (χ0n) is 15.8. The summed E-state index contributed by atoms with van der Waals surface area (Å²) in [6, 6.07) is -1.05. The first-order valence-electron chi connectivity index (χ1n) is 9.37. The van der Waals surface area contributed by atoms with Crippen molar-refractivity contribution >= 4 is 23.6 Å². The molecule has 0 aromatic heterocycles. The lowest BCUT2D eigenvalue weighted by Gasteiger charge is -2.23. The Kier molecular flexibility index (Phi) is 8.57. The van der Waals surface area contributed by atoms with Crippen molar-refractivity contribution in [3.05, 3.63) is 0 Å². The third-order valence-electron chi connectivity index (χ3n) is 4.20. The molecule has 0 aliphatic carbocycles. The molecule has 2 aliphatic rings. The van der Waals surface area contributed by atoms with E-state index in [1.165, 1.54) is 0 Å². The Labute approximate surface area is 163 Å². The van der Waals surface area contributed by atoms with Gasteiger partial charge in [0, 0.05) is 39.0 Å². The fourth-order valence-corrected chi connectivity index (χ4v) is 2.79. The summed E-state index contributed by atoms with van der Waals surface area (Å²) in [5, 5.41) is 6.13. The van der Waals surface area contributed by atoms with E-state index < -0.39 is 36.5 Å². The number of ether oxygens (including phenoxy) is 2. The number of rotatable bonds is 8. The molecule has 0 bridgehead atoms. The minimum absolute atomic E-state index is 0.104. The van der Waals surface area contributed by atoms with Gasteiger partial charge in [0.1, 0.15) is 11.7 Å². The number of nitrogens with zero attached hydrogens (tertiary/aromatic N) is 2. The zero-order valence-corrected chi connectivity index (χ0v) is 15.8. The molecule has 2 aliphatic heterocycles. The van der Waals surface area contributed by atoms with E-state index in [9.17, 15) is 9.59 Å². The minimum Gasteiger partial charge on any atom is -0.438 e. The lowest BCUT2D eigenvalue weighted by Crippen LogP contribution is -2.48. The van der Waals surface area contributed by atoms with Crippen molar-refractivity contribution in [3.63, 3.8) is 0 Å². The molecule has 12 heteroatoms. The van der Waals surface area contributed by atoms with Crippen molar-refractivity contribution in [2.24, 2.45) is 32.9 Å². The lowest BCUT2D eigenvalue weighted by atomic mass is 10.1. The van der Waals surface area contributed by atoms with Crippen molar-refractivity contribution in [3.8, 4) is 0 Å². The Balaban J connectivity index is 1.72. The summed E-state index contributed by atoms with van der Waals surface area (Å²) in [4.78, 5) is 32.2. The van der Waals surface area contributed by atoms with Crippen LogP contribution in [0, 0.1) is 0 Å². The van der Waals surface area contributed by atoms with Crippen LogP contribution in [0.4, 0.5) is 0 Å². The molecular formula is C16H30N8O4. The van der Waals surface area contributed by atoms with Crippen LogP contribution in [0.15, 0.2) is 9.98 Å². The highest BCUT2D eigenvalue weighted by Gasteiger charge is 2.27. The van der Waals surface area contributed by atoms with Crippen LogP contribution in [0.25, 0.3) is 0 Å². The molecule has 12 nitrogen and oxygen atoms in total. The molecule has 0 saturated carbocycles. The monoisotopic (exact) mass is 398 g/mol. The summed E-state index contributed by atoms with van der Waals surface area (Å²) in [5.41, 5.74) is 23.4. The lowest BCUT2D eigenvalue weighted by molar-refractivity contribution is -0.174. The Hall–Kier alpha value is -2.28. The van der Waals surface area contributed by atoms with Crippen LogP contribution in [0.3, 0.4) is 0 Å². The first-order chi connectivity index (χ1) is 13.4. The van der Waals surface area contributed by atoms with Crippen molar-refractivity contribution in [2.45, 2.75) is 50.2 Å². The number of hydrogen-bond donors (Lipinski definition) is 6. The van der Waals surface area contributed by atoms with Crippen LogP contribution in [0.1, 0.15) is 25.7 Å². The van der Waals surface area contributed by atoms with Crippen molar-refractivity contribution in [1.29, 1.82) is 0 Å². The van der Waals surface area contributed by atoms with Gasteiger partial charge in [-0.1, -0.05) is 0 Å². The van der Waals surface area contributed by atoms with E-state index in [2.05, 4.69) is 20.6 Å². The van der Waals surface area contributed by atoms with E-state index in [1.54, 1.807) is 0 Å². The quantitative estimate of drug-likeness (QED) is 0.138. The number of esters is 2. The normalized spacial score (nSPS) is 21.0. The Morgan fingerprint density at radius 1 is 0.821 bits per heavy atom. The van der Waals surface area contributed by atoms with Crippen LogP contribution in [0.5, 0.6) is 0 Å². The van der Waals surface area contributed by atoms with E-state index in [4.69, 9.17) is 32.4 Å². The predicted octanol–water partition coefficient (Wildman–Crippen LogP) is -3.14. The standard InChI is InChI=1S/C16H30N8O4/c17-9(13-21-3-1-4-22-13)7-11(19)27-15(25)16(26)28-12(20)8-10(18)14-23-5-2-6-24-14/h9-12H,1-8,17-20H2,(H,21,22)(H,23,24). The molecule has 0 aromatic rings. The highest BCUT2D eigenvalue weighted by Crippen LogP contribution is 2.04. The minimum atomic E-state index is -1.24. The fourth-order valence-electron chi connectivity index (χ4n) is 2.79. The van der Waals surface area contributed by atoms with Crippen molar-refractivity contribution in [1.82, 2.24) is 10.6 Å². The average molecular weight is 398 g/mol. The largest absolute Gasteiger partial charge is 0.438 e. The maximum Gasteiger partial charge on any atom is 0.419 e. The van der Waals surface area contributed by atoms with Crippen LogP contribution in [-0.2, 0) is 19.1 Å². The maximum absolute atomic E-state index is 11.8. The molecule has 0 fully saturated rings. The molecule has 0 spiro atoms. The second kappa shape index (κ2) is 10.9. The van der Waals surface area contributed by atoms with Gasteiger partial charge in [-0.05, 0) is 12.8 Å². The number of nitrogens with two attached hydrogens (primary N) is 4. The molecule has 4 unspecified atom stereocenters. The maximum atomic E-state index is 11.8. The number of aliphatic imine (C=N–C) groups is 2. The highest BCUT2D eigenvalue weighted by atomic mass is 16.6. The summed E-state index contributed by atoms with van der Waals surface area (Å²) in [5.74, 6) is -1.27. The van der Waals surface area contributed by atoms with Gasteiger partial charge in [0.25, 0.3) is 0 Å². The van der Waals surface area contributed by atoms with Gasteiger partial charge in [-0.15, -0.1) is 0 Å². The van der Waals surface area contributed by atoms with Crippen LogP contribution in [-0.4, -0.2) is 74.3 Å². The van der Waals surface area contributed by atoms with Gasteiger partial charge in [-0.3, -0.25) is 21.5 Å². The number of hydrogen-bond acceptors (Lipinski definition) is 12. The zero-order chi connectivity index (χ0) is 20.5.